The molecular weight excluding hydrogens is 380 g/mol. The first-order chi connectivity index (χ1) is 14.6. The van der Waals surface area contributed by atoms with E-state index < -0.39 is 12.0 Å². The van der Waals surface area contributed by atoms with Gasteiger partial charge in [0.2, 0.25) is 5.91 Å². The highest BCUT2D eigenvalue weighted by Crippen LogP contribution is 2.30. The number of piperidine rings is 1. The molecule has 2 aromatic carbocycles. The van der Waals surface area contributed by atoms with E-state index in [1.165, 1.54) is 17.6 Å². The fourth-order valence-corrected chi connectivity index (χ4v) is 4.45. The zero-order chi connectivity index (χ0) is 21.1. The van der Waals surface area contributed by atoms with E-state index in [1.54, 1.807) is 24.3 Å². The number of likely N-dealkylation sites (tertiary alicyclic amines) is 1. The molecule has 2 heterocycles. The second-order valence-corrected chi connectivity index (χ2v) is 7.99. The summed E-state index contributed by atoms with van der Waals surface area (Å²) in [4.78, 5) is 40.6. The van der Waals surface area contributed by atoms with Crippen LogP contribution in [0.2, 0.25) is 0 Å². The summed E-state index contributed by atoms with van der Waals surface area (Å²) >= 11 is 0. The zero-order valence-corrected chi connectivity index (χ0v) is 17.1. The molecule has 0 bridgehead atoms. The second-order valence-electron chi connectivity index (χ2n) is 7.99. The van der Waals surface area contributed by atoms with Gasteiger partial charge in [-0.1, -0.05) is 30.3 Å². The van der Waals surface area contributed by atoms with Crippen molar-refractivity contribution in [1.82, 2.24) is 4.90 Å². The van der Waals surface area contributed by atoms with Gasteiger partial charge in [0.25, 0.3) is 5.91 Å². The summed E-state index contributed by atoms with van der Waals surface area (Å²) in [6.07, 6.45) is 3.33. The van der Waals surface area contributed by atoms with E-state index in [9.17, 15) is 14.4 Å². The molecule has 0 aromatic heterocycles. The summed E-state index contributed by atoms with van der Waals surface area (Å²) in [5.41, 5.74) is 2.24. The van der Waals surface area contributed by atoms with Crippen molar-refractivity contribution < 1.29 is 19.1 Å². The third-order valence-corrected chi connectivity index (χ3v) is 6.13. The number of amides is 2. The van der Waals surface area contributed by atoms with E-state index in [2.05, 4.69) is 29.2 Å². The Morgan fingerprint density at radius 1 is 1.00 bits per heavy atom. The molecule has 0 N–H and O–H groups in total. The largest absolute Gasteiger partial charge is 0.465 e. The molecule has 2 amide bonds. The van der Waals surface area contributed by atoms with Gasteiger partial charge >= 0.3 is 5.97 Å². The minimum Gasteiger partial charge on any atom is -0.465 e. The number of benzene rings is 2. The highest BCUT2D eigenvalue weighted by Gasteiger charge is 2.43. The van der Waals surface area contributed by atoms with Gasteiger partial charge in [0.05, 0.1) is 30.8 Å². The van der Waals surface area contributed by atoms with Crippen LogP contribution in [0.3, 0.4) is 0 Å². The Hall–Kier alpha value is -2.99. The number of hydrogen-bond donors (Lipinski definition) is 0. The van der Waals surface area contributed by atoms with Gasteiger partial charge in [-0.25, -0.2) is 9.69 Å². The average Bonchev–Trinajstić information content (AvgIpc) is 3.08. The molecule has 30 heavy (non-hydrogen) atoms. The number of anilines is 1. The van der Waals surface area contributed by atoms with Gasteiger partial charge < -0.3 is 4.74 Å². The molecule has 0 aliphatic carbocycles. The first-order valence-electron chi connectivity index (χ1n) is 10.4. The van der Waals surface area contributed by atoms with Crippen LogP contribution < -0.4 is 4.90 Å². The van der Waals surface area contributed by atoms with E-state index in [0.29, 0.717) is 17.2 Å². The lowest BCUT2D eigenvalue weighted by Gasteiger charge is -2.34. The number of nitrogens with zero attached hydrogens (tertiary/aromatic N) is 2. The number of rotatable bonds is 5. The van der Waals surface area contributed by atoms with Crippen LogP contribution in [0.15, 0.2) is 54.6 Å². The van der Waals surface area contributed by atoms with Gasteiger partial charge in [0.15, 0.2) is 0 Å². The van der Waals surface area contributed by atoms with Crippen LogP contribution in [0.25, 0.3) is 0 Å². The second kappa shape index (κ2) is 8.79. The van der Waals surface area contributed by atoms with Gasteiger partial charge in [-0.15, -0.1) is 0 Å². The van der Waals surface area contributed by atoms with Gasteiger partial charge in [-0.3, -0.25) is 14.5 Å². The average molecular weight is 406 g/mol. The van der Waals surface area contributed by atoms with Crippen LogP contribution in [0.1, 0.15) is 35.2 Å². The lowest BCUT2D eigenvalue weighted by atomic mass is 9.89. The van der Waals surface area contributed by atoms with Crippen molar-refractivity contribution in [1.29, 1.82) is 0 Å². The molecule has 6 heteroatoms. The molecule has 0 spiro atoms. The lowest BCUT2D eigenvalue weighted by Crippen LogP contribution is -2.46. The van der Waals surface area contributed by atoms with Crippen LogP contribution in [0.5, 0.6) is 0 Å². The molecule has 1 atom stereocenters. The van der Waals surface area contributed by atoms with Gasteiger partial charge in [-0.2, -0.15) is 0 Å². The van der Waals surface area contributed by atoms with Crippen molar-refractivity contribution in [3.05, 3.63) is 65.7 Å². The molecule has 2 aliphatic heterocycles. The number of esters is 1. The predicted molar refractivity (Wildman–Crippen MR) is 113 cm³/mol. The Bertz CT molecular complexity index is 918. The normalized spacial score (nSPS) is 20.6. The predicted octanol–water partition coefficient (Wildman–Crippen LogP) is 3.06. The summed E-state index contributed by atoms with van der Waals surface area (Å²) < 4.78 is 4.69. The first kappa shape index (κ1) is 20.3. The molecule has 0 unspecified atom stereocenters. The highest BCUT2D eigenvalue weighted by atomic mass is 16.5. The molecule has 156 valence electrons. The third kappa shape index (κ3) is 4.14. The Labute approximate surface area is 176 Å². The van der Waals surface area contributed by atoms with Crippen LogP contribution >= 0.6 is 0 Å². The van der Waals surface area contributed by atoms with Crippen LogP contribution in [-0.2, 0) is 20.7 Å². The van der Waals surface area contributed by atoms with Crippen LogP contribution in [-0.4, -0.2) is 48.9 Å². The van der Waals surface area contributed by atoms with E-state index in [-0.39, 0.29) is 18.2 Å². The van der Waals surface area contributed by atoms with Gasteiger partial charge in [0, 0.05) is 0 Å². The van der Waals surface area contributed by atoms with Crippen molar-refractivity contribution >= 4 is 23.5 Å². The Morgan fingerprint density at radius 2 is 1.67 bits per heavy atom. The smallest absolute Gasteiger partial charge is 0.337 e. The summed E-state index contributed by atoms with van der Waals surface area (Å²) in [6.45, 7) is 1.66. The number of ether oxygens (including phenoxy) is 1. The SMILES string of the molecule is COC(=O)c1ccc(N2C(=O)C[C@@H](N3CCC(Cc4ccccc4)CC3)C2=O)cc1. The van der Waals surface area contributed by atoms with Gasteiger partial charge in [-0.05, 0) is 68.1 Å². The summed E-state index contributed by atoms with van der Waals surface area (Å²) in [7, 11) is 1.32. The quantitative estimate of drug-likeness (QED) is 0.564. The molecule has 2 fully saturated rings. The van der Waals surface area contributed by atoms with E-state index in [4.69, 9.17) is 4.74 Å². The summed E-state index contributed by atoms with van der Waals surface area (Å²) in [5, 5.41) is 0. The highest BCUT2D eigenvalue weighted by molar-refractivity contribution is 6.22. The van der Waals surface area contributed by atoms with E-state index >= 15 is 0 Å². The minimum atomic E-state index is -0.447. The van der Waals surface area contributed by atoms with Crippen molar-refractivity contribution in [3.63, 3.8) is 0 Å². The third-order valence-electron chi connectivity index (χ3n) is 6.13. The maximum absolute atomic E-state index is 13.0. The van der Waals surface area contributed by atoms with E-state index in [0.717, 1.165) is 32.4 Å². The van der Waals surface area contributed by atoms with Crippen molar-refractivity contribution in [2.24, 2.45) is 5.92 Å². The Morgan fingerprint density at radius 3 is 2.30 bits per heavy atom. The van der Waals surface area contributed by atoms with Crippen LogP contribution in [0, 0.1) is 5.92 Å². The molecule has 4 rings (SSSR count). The first-order valence-corrected chi connectivity index (χ1v) is 10.4. The lowest BCUT2D eigenvalue weighted by molar-refractivity contribution is -0.123. The van der Waals surface area contributed by atoms with Crippen molar-refractivity contribution in [2.45, 2.75) is 31.7 Å². The summed E-state index contributed by atoms with van der Waals surface area (Å²) in [6, 6.07) is 16.5. The Balaban J connectivity index is 1.38. The number of imide groups is 1. The molecule has 6 nitrogen and oxygen atoms in total. The minimum absolute atomic E-state index is 0.174. The van der Waals surface area contributed by atoms with Crippen molar-refractivity contribution in [2.75, 3.05) is 25.1 Å². The van der Waals surface area contributed by atoms with E-state index in [1.807, 2.05) is 6.07 Å². The monoisotopic (exact) mass is 406 g/mol. The standard InChI is InChI=1S/C24H26N2O4/c1-30-24(29)19-7-9-20(10-8-19)26-22(27)16-21(23(26)28)25-13-11-18(12-14-25)15-17-5-3-2-4-6-17/h2-10,18,21H,11-16H2,1H3/t21-/m1/s1. The van der Waals surface area contributed by atoms with Gasteiger partial charge in [0.1, 0.15) is 0 Å². The molecule has 2 saturated heterocycles. The summed E-state index contributed by atoms with van der Waals surface area (Å²) in [5.74, 6) is -0.204. The number of carbonyl (C=O) groups excluding carboxylic acids is 3. The molecule has 2 aromatic rings. The molecule has 2 aliphatic rings. The molecule has 0 radical (unpaired) electrons. The Kier molecular flexibility index (Phi) is 5.95. The number of carbonyl (C=O) groups is 3. The topological polar surface area (TPSA) is 66.9 Å². The molecule has 0 saturated carbocycles. The fourth-order valence-electron chi connectivity index (χ4n) is 4.45. The van der Waals surface area contributed by atoms with Crippen LogP contribution in [0.4, 0.5) is 5.69 Å². The maximum Gasteiger partial charge on any atom is 0.337 e. The van der Waals surface area contributed by atoms with Crippen molar-refractivity contribution in [3.8, 4) is 0 Å². The number of hydrogen-bond acceptors (Lipinski definition) is 5. The maximum atomic E-state index is 13.0. The molecular formula is C24H26N2O4. The zero-order valence-electron chi connectivity index (χ0n) is 17.1. The number of methoxy groups -OCH3 is 1. The fraction of sp³-hybridized carbons (Fsp3) is 0.375.